The molecule has 1 aliphatic rings. The standard InChI is InChI=1S/C26H27ClFN3O/c1-30(25(24-7-2-3-14-29-24)20-8-10-23(28)11-9-20)26(32)21-12-15-31(16-13-21)18-19-5-4-6-22(27)17-19/h2-11,14,17,21,25H,12-13,15-16,18H2,1H3. The number of aromatic nitrogens is 1. The molecule has 0 radical (unpaired) electrons. The topological polar surface area (TPSA) is 36.4 Å². The average molecular weight is 452 g/mol. The molecule has 1 atom stereocenters. The summed E-state index contributed by atoms with van der Waals surface area (Å²) in [5.74, 6) is -0.232. The lowest BCUT2D eigenvalue weighted by Gasteiger charge is -2.36. The minimum atomic E-state index is -0.353. The zero-order chi connectivity index (χ0) is 22.5. The zero-order valence-corrected chi connectivity index (χ0v) is 18.9. The lowest BCUT2D eigenvalue weighted by atomic mass is 9.93. The van der Waals surface area contributed by atoms with Gasteiger partial charge in [0.2, 0.25) is 5.91 Å². The summed E-state index contributed by atoms with van der Waals surface area (Å²) in [4.78, 5) is 22.1. The minimum Gasteiger partial charge on any atom is -0.333 e. The Labute approximate surface area is 193 Å². The highest BCUT2D eigenvalue weighted by Gasteiger charge is 2.32. The Morgan fingerprint density at radius 3 is 2.53 bits per heavy atom. The van der Waals surface area contributed by atoms with Crippen LogP contribution in [0.5, 0.6) is 0 Å². The van der Waals surface area contributed by atoms with Gasteiger partial charge in [-0.05, 0) is 73.5 Å². The van der Waals surface area contributed by atoms with Crippen molar-refractivity contribution in [2.45, 2.75) is 25.4 Å². The summed E-state index contributed by atoms with van der Waals surface area (Å²) in [5, 5.41) is 0.746. The van der Waals surface area contributed by atoms with Gasteiger partial charge in [0.05, 0.1) is 11.7 Å². The van der Waals surface area contributed by atoms with Crippen LogP contribution in [0, 0.1) is 11.7 Å². The molecule has 0 bridgehead atoms. The van der Waals surface area contributed by atoms with Crippen LogP contribution in [-0.2, 0) is 11.3 Å². The van der Waals surface area contributed by atoms with Crippen molar-refractivity contribution in [3.8, 4) is 0 Å². The Balaban J connectivity index is 1.45. The molecule has 32 heavy (non-hydrogen) atoms. The summed E-state index contributed by atoms with van der Waals surface area (Å²) in [7, 11) is 1.82. The van der Waals surface area contributed by atoms with E-state index in [1.807, 2.05) is 43.4 Å². The smallest absolute Gasteiger partial charge is 0.226 e. The van der Waals surface area contributed by atoms with Crippen LogP contribution in [0.4, 0.5) is 4.39 Å². The van der Waals surface area contributed by atoms with Crippen molar-refractivity contribution >= 4 is 17.5 Å². The van der Waals surface area contributed by atoms with Gasteiger partial charge in [0.1, 0.15) is 5.82 Å². The quantitative estimate of drug-likeness (QED) is 0.508. The second kappa shape index (κ2) is 10.2. The molecule has 0 spiro atoms. The van der Waals surface area contributed by atoms with Crippen molar-refractivity contribution in [3.05, 3.63) is 101 Å². The summed E-state index contributed by atoms with van der Waals surface area (Å²) in [6.45, 7) is 2.56. The lowest BCUT2D eigenvalue weighted by molar-refractivity contribution is -0.137. The van der Waals surface area contributed by atoms with Gasteiger partial charge in [-0.15, -0.1) is 0 Å². The Bertz CT molecular complexity index is 1040. The highest BCUT2D eigenvalue weighted by atomic mass is 35.5. The van der Waals surface area contributed by atoms with Gasteiger partial charge in [-0.2, -0.15) is 0 Å². The van der Waals surface area contributed by atoms with Gasteiger partial charge in [-0.3, -0.25) is 14.7 Å². The van der Waals surface area contributed by atoms with E-state index in [0.29, 0.717) is 0 Å². The number of hydrogen-bond donors (Lipinski definition) is 0. The van der Waals surface area contributed by atoms with Crippen LogP contribution in [0.15, 0.2) is 72.9 Å². The summed E-state index contributed by atoms with van der Waals surface area (Å²) < 4.78 is 13.5. The largest absolute Gasteiger partial charge is 0.333 e. The molecule has 4 rings (SSSR count). The van der Waals surface area contributed by atoms with E-state index < -0.39 is 0 Å². The molecular formula is C26H27ClFN3O. The third kappa shape index (κ3) is 5.34. The monoisotopic (exact) mass is 451 g/mol. The van der Waals surface area contributed by atoms with Gasteiger partial charge in [-0.25, -0.2) is 4.39 Å². The molecule has 0 N–H and O–H groups in total. The fourth-order valence-corrected chi connectivity index (χ4v) is 4.64. The second-order valence-corrected chi connectivity index (χ2v) is 8.77. The maximum absolute atomic E-state index is 13.5. The predicted molar refractivity (Wildman–Crippen MR) is 125 cm³/mol. The molecule has 6 heteroatoms. The van der Waals surface area contributed by atoms with Crippen LogP contribution in [-0.4, -0.2) is 40.8 Å². The molecule has 166 valence electrons. The molecule has 1 fully saturated rings. The fraction of sp³-hybridized carbons (Fsp3) is 0.308. The van der Waals surface area contributed by atoms with E-state index in [1.165, 1.54) is 17.7 Å². The predicted octanol–water partition coefficient (Wildman–Crippen LogP) is 5.33. The molecule has 2 heterocycles. The molecule has 2 aromatic carbocycles. The van der Waals surface area contributed by atoms with E-state index in [1.54, 1.807) is 23.2 Å². The summed E-state index contributed by atoms with van der Waals surface area (Å²) in [6.07, 6.45) is 3.34. The van der Waals surface area contributed by atoms with Gasteiger partial charge in [-0.1, -0.05) is 41.9 Å². The number of pyridine rings is 1. The number of rotatable bonds is 6. The summed E-state index contributed by atoms with van der Waals surface area (Å²) in [5.41, 5.74) is 2.80. The van der Waals surface area contributed by atoms with Gasteiger partial charge in [0.25, 0.3) is 0 Å². The number of likely N-dealkylation sites (tertiary alicyclic amines) is 1. The first-order valence-corrected chi connectivity index (χ1v) is 11.3. The van der Waals surface area contributed by atoms with Gasteiger partial charge < -0.3 is 4.90 Å². The summed E-state index contributed by atoms with van der Waals surface area (Å²) >= 11 is 6.11. The van der Waals surface area contributed by atoms with Crippen LogP contribution in [0.3, 0.4) is 0 Å². The SMILES string of the molecule is CN(C(=O)C1CCN(Cc2cccc(Cl)c2)CC1)C(c1ccc(F)cc1)c1ccccn1. The highest BCUT2D eigenvalue weighted by Crippen LogP contribution is 2.30. The molecule has 3 aromatic rings. The van der Waals surface area contributed by atoms with Gasteiger partial charge in [0, 0.05) is 30.7 Å². The molecule has 0 aliphatic carbocycles. The van der Waals surface area contributed by atoms with Crippen molar-refractivity contribution < 1.29 is 9.18 Å². The van der Waals surface area contributed by atoms with Crippen LogP contribution >= 0.6 is 11.6 Å². The molecule has 1 aromatic heterocycles. The van der Waals surface area contributed by atoms with Crippen molar-refractivity contribution in [3.63, 3.8) is 0 Å². The van der Waals surface area contributed by atoms with Crippen molar-refractivity contribution in [2.75, 3.05) is 20.1 Å². The van der Waals surface area contributed by atoms with E-state index in [-0.39, 0.29) is 23.7 Å². The molecule has 1 saturated heterocycles. The average Bonchev–Trinajstić information content (AvgIpc) is 2.81. The molecule has 1 unspecified atom stereocenters. The number of piperidine rings is 1. The van der Waals surface area contributed by atoms with Gasteiger partial charge >= 0.3 is 0 Å². The second-order valence-electron chi connectivity index (χ2n) is 8.34. The number of benzene rings is 2. The molecule has 1 aliphatic heterocycles. The first-order chi connectivity index (χ1) is 15.5. The first kappa shape index (κ1) is 22.4. The fourth-order valence-electron chi connectivity index (χ4n) is 4.42. The zero-order valence-electron chi connectivity index (χ0n) is 18.1. The van der Waals surface area contributed by atoms with Crippen molar-refractivity contribution in [1.29, 1.82) is 0 Å². The number of carbonyl (C=O) groups is 1. The van der Waals surface area contributed by atoms with E-state index in [4.69, 9.17) is 11.6 Å². The maximum atomic E-state index is 13.5. The normalized spacial score (nSPS) is 16.0. The minimum absolute atomic E-state index is 0.0396. The number of amides is 1. The first-order valence-electron chi connectivity index (χ1n) is 10.9. The van der Waals surface area contributed by atoms with Crippen molar-refractivity contribution in [1.82, 2.24) is 14.8 Å². The van der Waals surface area contributed by atoms with Crippen LogP contribution < -0.4 is 0 Å². The Morgan fingerprint density at radius 1 is 1.12 bits per heavy atom. The number of hydrogen-bond acceptors (Lipinski definition) is 3. The molecule has 4 nitrogen and oxygen atoms in total. The number of nitrogens with zero attached hydrogens (tertiary/aromatic N) is 3. The van der Waals surface area contributed by atoms with Gasteiger partial charge in [0.15, 0.2) is 0 Å². The van der Waals surface area contributed by atoms with E-state index in [9.17, 15) is 9.18 Å². The van der Waals surface area contributed by atoms with Crippen molar-refractivity contribution in [2.24, 2.45) is 5.92 Å². The van der Waals surface area contributed by atoms with E-state index in [0.717, 1.165) is 48.8 Å². The van der Waals surface area contributed by atoms with E-state index in [2.05, 4.69) is 16.0 Å². The molecule has 1 amide bonds. The Kier molecular flexibility index (Phi) is 7.18. The Hall–Kier alpha value is -2.76. The summed E-state index contributed by atoms with van der Waals surface area (Å²) in [6, 6.07) is 19.5. The Morgan fingerprint density at radius 2 is 1.88 bits per heavy atom. The highest BCUT2D eigenvalue weighted by molar-refractivity contribution is 6.30. The third-order valence-electron chi connectivity index (χ3n) is 6.12. The van der Waals surface area contributed by atoms with Crippen LogP contribution in [0.2, 0.25) is 5.02 Å². The van der Waals surface area contributed by atoms with Crippen LogP contribution in [0.1, 0.15) is 35.7 Å². The molecular weight excluding hydrogens is 425 g/mol. The molecule has 0 saturated carbocycles. The third-order valence-corrected chi connectivity index (χ3v) is 6.36. The lowest BCUT2D eigenvalue weighted by Crippen LogP contribution is -2.42. The maximum Gasteiger partial charge on any atom is 0.226 e. The number of carbonyl (C=O) groups excluding carboxylic acids is 1. The van der Waals surface area contributed by atoms with E-state index >= 15 is 0 Å². The van der Waals surface area contributed by atoms with Crippen LogP contribution in [0.25, 0.3) is 0 Å². The number of halogens is 2.